The quantitative estimate of drug-likeness (QED) is 0.815. The average molecular weight is 392 g/mol. The Labute approximate surface area is 162 Å². The van der Waals surface area contributed by atoms with E-state index in [1.807, 2.05) is 43.3 Å². The van der Waals surface area contributed by atoms with Gasteiger partial charge in [-0.1, -0.05) is 13.8 Å². The third kappa shape index (κ3) is 4.15. The Morgan fingerprint density at radius 1 is 1.38 bits per heavy atom. The van der Waals surface area contributed by atoms with Crippen molar-refractivity contribution in [2.75, 3.05) is 13.1 Å². The van der Waals surface area contributed by atoms with E-state index in [1.54, 1.807) is 11.3 Å². The SMILES string of the molecule is Cc1ncsc1CCNC(=O)c1ccc([C@H]2CCCN2C(=O)C(C)C)s1. The maximum absolute atomic E-state index is 12.4. The normalized spacial score (nSPS) is 17.1. The van der Waals surface area contributed by atoms with Crippen molar-refractivity contribution in [1.29, 1.82) is 0 Å². The highest BCUT2D eigenvalue weighted by Gasteiger charge is 2.32. The minimum Gasteiger partial charge on any atom is -0.351 e. The molecule has 1 saturated heterocycles. The van der Waals surface area contributed by atoms with Crippen molar-refractivity contribution in [1.82, 2.24) is 15.2 Å². The number of thiophene rings is 1. The van der Waals surface area contributed by atoms with Crippen LogP contribution in [0.5, 0.6) is 0 Å². The number of amides is 2. The Kier molecular flexibility index (Phi) is 6.09. The van der Waals surface area contributed by atoms with Gasteiger partial charge in [-0.05, 0) is 31.9 Å². The van der Waals surface area contributed by atoms with Gasteiger partial charge in [0.05, 0.1) is 22.1 Å². The molecule has 0 aromatic carbocycles. The number of hydrogen-bond acceptors (Lipinski definition) is 5. The Bertz CT molecular complexity index is 781. The van der Waals surface area contributed by atoms with Crippen LogP contribution in [0.3, 0.4) is 0 Å². The predicted molar refractivity (Wildman–Crippen MR) is 106 cm³/mol. The van der Waals surface area contributed by atoms with Crippen LogP contribution in [-0.2, 0) is 11.2 Å². The fourth-order valence-electron chi connectivity index (χ4n) is 3.25. The second-order valence-corrected chi connectivity index (χ2v) is 8.97. The Morgan fingerprint density at radius 3 is 2.88 bits per heavy atom. The van der Waals surface area contributed by atoms with Gasteiger partial charge in [0.1, 0.15) is 0 Å². The molecule has 5 nitrogen and oxygen atoms in total. The van der Waals surface area contributed by atoms with Gasteiger partial charge >= 0.3 is 0 Å². The molecule has 2 aromatic heterocycles. The first kappa shape index (κ1) is 19.0. The number of nitrogens with zero attached hydrogens (tertiary/aromatic N) is 2. The minimum absolute atomic E-state index is 0.00790. The van der Waals surface area contributed by atoms with Crippen molar-refractivity contribution in [2.24, 2.45) is 5.92 Å². The summed E-state index contributed by atoms with van der Waals surface area (Å²) in [7, 11) is 0. The number of carbonyl (C=O) groups excluding carboxylic acids is 2. The number of aromatic nitrogens is 1. The number of aryl methyl sites for hydroxylation is 1. The van der Waals surface area contributed by atoms with Crippen molar-refractivity contribution < 1.29 is 9.59 Å². The lowest BCUT2D eigenvalue weighted by molar-refractivity contribution is -0.135. The van der Waals surface area contributed by atoms with Crippen LogP contribution in [0, 0.1) is 12.8 Å². The van der Waals surface area contributed by atoms with Gasteiger partial charge in [-0.3, -0.25) is 9.59 Å². The monoisotopic (exact) mass is 391 g/mol. The first-order valence-corrected chi connectivity index (χ1v) is 10.7. The number of nitrogens with one attached hydrogen (secondary N) is 1. The molecular weight excluding hydrogens is 366 g/mol. The van der Waals surface area contributed by atoms with Crippen molar-refractivity contribution in [2.45, 2.75) is 46.1 Å². The third-order valence-corrected chi connectivity index (χ3v) is 6.87. The van der Waals surface area contributed by atoms with E-state index < -0.39 is 0 Å². The first-order chi connectivity index (χ1) is 12.5. The maximum atomic E-state index is 12.4. The molecule has 2 amide bonds. The van der Waals surface area contributed by atoms with Crippen LogP contribution in [-0.4, -0.2) is 34.8 Å². The van der Waals surface area contributed by atoms with Crippen molar-refractivity contribution >= 4 is 34.5 Å². The van der Waals surface area contributed by atoms with Gasteiger partial charge in [-0.15, -0.1) is 22.7 Å². The second kappa shape index (κ2) is 8.31. The second-order valence-electron chi connectivity index (χ2n) is 6.91. The zero-order chi connectivity index (χ0) is 18.7. The molecule has 1 fully saturated rings. The van der Waals surface area contributed by atoms with Gasteiger partial charge in [-0.25, -0.2) is 4.98 Å². The molecule has 140 valence electrons. The van der Waals surface area contributed by atoms with Crippen LogP contribution in [0.4, 0.5) is 0 Å². The Morgan fingerprint density at radius 2 is 2.19 bits per heavy atom. The number of hydrogen-bond donors (Lipinski definition) is 1. The van der Waals surface area contributed by atoms with E-state index >= 15 is 0 Å². The zero-order valence-electron chi connectivity index (χ0n) is 15.4. The van der Waals surface area contributed by atoms with Crippen LogP contribution in [0.1, 0.15) is 57.9 Å². The highest BCUT2D eigenvalue weighted by atomic mass is 32.1. The van der Waals surface area contributed by atoms with Gasteiger partial charge in [0.2, 0.25) is 5.91 Å². The van der Waals surface area contributed by atoms with Crippen molar-refractivity contribution in [3.05, 3.63) is 38.0 Å². The summed E-state index contributed by atoms with van der Waals surface area (Å²) < 4.78 is 0. The summed E-state index contributed by atoms with van der Waals surface area (Å²) in [6.07, 6.45) is 2.81. The smallest absolute Gasteiger partial charge is 0.261 e. The summed E-state index contributed by atoms with van der Waals surface area (Å²) in [4.78, 5) is 34.1. The van der Waals surface area contributed by atoms with Gasteiger partial charge in [0.25, 0.3) is 5.91 Å². The molecule has 1 aliphatic heterocycles. The van der Waals surface area contributed by atoms with Crippen molar-refractivity contribution in [3.63, 3.8) is 0 Å². The van der Waals surface area contributed by atoms with Crippen molar-refractivity contribution in [3.8, 4) is 0 Å². The summed E-state index contributed by atoms with van der Waals surface area (Å²) >= 11 is 3.13. The lowest BCUT2D eigenvalue weighted by Gasteiger charge is -2.25. The fourth-order valence-corrected chi connectivity index (χ4v) is 5.11. The molecular formula is C19H25N3O2S2. The lowest BCUT2D eigenvalue weighted by atomic mass is 10.1. The standard InChI is InChI=1S/C19H25N3O2S2/c1-12(2)19(24)22-10-4-5-14(22)16-6-7-17(26-16)18(23)20-9-8-15-13(3)21-11-25-15/h6-7,11-12,14H,4-5,8-10H2,1-3H3,(H,20,23)/t14-/m1/s1. The van der Waals surface area contributed by atoms with Gasteiger partial charge in [-0.2, -0.15) is 0 Å². The lowest BCUT2D eigenvalue weighted by Crippen LogP contribution is -2.33. The molecule has 3 heterocycles. The van der Waals surface area contributed by atoms with E-state index in [-0.39, 0.29) is 23.8 Å². The summed E-state index contributed by atoms with van der Waals surface area (Å²) in [6, 6.07) is 4.00. The van der Waals surface area contributed by atoms with Crippen LogP contribution in [0.15, 0.2) is 17.6 Å². The molecule has 1 N–H and O–H groups in total. The summed E-state index contributed by atoms with van der Waals surface area (Å²) in [5.74, 6) is 0.170. The molecule has 1 aliphatic rings. The van der Waals surface area contributed by atoms with Gasteiger partial charge in [0.15, 0.2) is 0 Å². The van der Waals surface area contributed by atoms with Crippen LogP contribution >= 0.6 is 22.7 Å². The van der Waals surface area contributed by atoms with E-state index in [0.29, 0.717) is 11.4 Å². The van der Waals surface area contributed by atoms with Crippen LogP contribution in [0.25, 0.3) is 0 Å². The number of carbonyl (C=O) groups is 2. The molecule has 7 heteroatoms. The Hall–Kier alpha value is -1.73. The zero-order valence-corrected chi connectivity index (χ0v) is 17.1. The van der Waals surface area contributed by atoms with E-state index in [2.05, 4.69) is 10.3 Å². The molecule has 0 unspecified atom stereocenters. The van der Waals surface area contributed by atoms with E-state index in [9.17, 15) is 9.59 Å². The molecule has 26 heavy (non-hydrogen) atoms. The third-order valence-electron chi connectivity index (χ3n) is 4.69. The molecule has 1 atom stereocenters. The number of thiazole rings is 1. The van der Waals surface area contributed by atoms with Gasteiger partial charge in [0, 0.05) is 35.2 Å². The van der Waals surface area contributed by atoms with Crippen LogP contribution < -0.4 is 5.32 Å². The summed E-state index contributed by atoms with van der Waals surface area (Å²) in [5, 5.41) is 2.99. The molecule has 0 spiro atoms. The summed E-state index contributed by atoms with van der Waals surface area (Å²) in [6.45, 7) is 7.29. The highest BCUT2D eigenvalue weighted by Crippen LogP contribution is 2.36. The highest BCUT2D eigenvalue weighted by molar-refractivity contribution is 7.14. The fraction of sp³-hybridized carbons (Fsp3) is 0.526. The molecule has 2 aromatic rings. The topological polar surface area (TPSA) is 62.3 Å². The molecule has 3 rings (SSSR count). The average Bonchev–Trinajstić information content (AvgIpc) is 3.34. The largest absolute Gasteiger partial charge is 0.351 e. The number of rotatable bonds is 6. The predicted octanol–water partition coefficient (Wildman–Crippen LogP) is 3.81. The summed E-state index contributed by atoms with van der Waals surface area (Å²) in [5.41, 5.74) is 2.88. The van der Waals surface area contributed by atoms with E-state index in [1.165, 1.54) is 16.2 Å². The first-order valence-electron chi connectivity index (χ1n) is 9.04. The molecule has 0 radical (unpaired) electrons. The molecule has 0 bridgehead atoms. The Balaban J connectivity index is 1.59. The minimum atomic E-state index is -0.0387. The van der Waals surface area contributed by atoms with E-state index in [0.717, 1.165) is 36.4 Å². The molecule has 0 aliphatic carbocycles. The van der Waals surface area contributed by atoms with Crippen LogP contribution in [0.2, 0.25) is 0 Å². The number of likely N-dealkylation sites (tertiary alicyclic amines) is 1. The van der Waals surface area contributed by atoms with E-state index in [4.69, 9.17) is 0 Å². The molecule has 0 saturated carbocycles. The van der Waals surface area contributed by atoms with Gasteiger partial charge < -0.3 is 10.2 Å². The maximum Gasteiger partial charge on any atom is 0.261 e.